The van der Waals surface area contributed by atoms with Gasteiger partial charge < -0.3 is 5.32 Å². The third-order valence-electron chi connectivity index (χ3n) is 2.00. The lowest BCUT2D eigenvalue weighted by Gasteiger charge is -2.21. The van der Waals surface area contributed by atoms with Gasteiger partial charge in [-0.3, -0.25) is 0 Å². The van der Waals surface area contributed by atoms with E-state index in [4.69, 9.17) is 0 Å². The zero-order valence-electron chi connectivity index (χ0n) is 5.85. The molecule has 0 aromatic heterocycles. The summed E-state index contributed by atoms with van der Waals surface area (Å²) in [5, 5.41) is 2.44. The van der Waals surface area contributed by atoms with Crippen LogP contribution in [0.3, 0.4) is 0 Å². The molecule has 0 amide bonds. The molecule has 0 bridgehead atoms. The van der Waals surface area contributed by atoms with Crippen molar-refractivity contribution in [3.63, 3.8) is 0 Å². The summed E-state index contributed by atoms with van der Waals surface area (Å²) in [4.78, 5) is 0. The van der Waals surface area contributed by atoms with Crippen molar-refractivity contribution in [1.82, 2.24) is 0 Å². The zero-order valence-corrected chi connectivity index (χ0v) is 5.85. The Morgan fingerprint density at radius 3 is 2.50 bits per heavy atom. The number of hydrogen-bond acceptors (Lipinski definition) is 0. The topological polar surface area (TPSA) is 16.6 Å². The van der Waals surface area contributed by atoms with Crippen LogP contribution < -0.4 is 5.32 Å². The van der Waals surface area contributed by atoms with Crippen LogP contribution in [0.1, 0.15) is 26.7 Å². The molecular formula is C7H16N+. The SMILES string of the molecule is C[C@H]1CC[NH2+][C@H](C)C1. The molecule has 0 radical (unpaired) electrons. The van der Waals surface area contributed by atoms with Gasteiger partial charge in [0.05, 0.1) is 12.6 Å². The number of rotatable bonds is 0. The lowest BCUT2D eigenvalue weighted by molar-refractivity contribution is -0.696. The molecule has 0 aliphatic carbocycles. The van der Waals surface area contributed by atoms with Crippen LogP contribution in [0.25, 0.3) is 0 Å². The summed E-state index contributed by atoms with van der Waals surface area (Å²) in [5.74, 6) is 0.981. The van der Waals surface area contributed by atoms with Crippen molar-refractivity contribution in [2.75, 3.05) is 6.54 Å². The molecular weight excluding hydrogens is 98.1 g/mol. The van der Waals surface area contributed by atoms with Crippen LogP contribution in [0, 0.1) is 5.92 Å². The number of nitrogens with two attached hydrogens (primary N) is 1. The van der Waals surface area contributed by atoms with Gasteiger partial charge >= 0.3 is 0 Å². The Bertz CT molecular complexity index is 62.8. The highest BCUT2D eigenvalue weighted by Crippen LogP contribution is 2.09. The minimum Gasteiger partial charge on any atom is -0.344 e. The predicted octanol–water partition coefficient (Wildman–Crippen LogP) is 0.368. The van der Waals surface area contributed by atoms with Crippen LogP contribution in [0.2, 0.25) is 0 Å². The zero-order chi connectivity index (χ0) is 5.98. The van der Waals surface area contributed by atoms with Gasteiger partial charge in [-0.05, 0) is 19.3 Å². The highest BCUT2D eigenvalue weighted by molar-refractivity contribution is 4.59. The maximum absolute atomic E-state index is 2.44. The Labute approximate surface area is 51.5 Å². The van der Waals surface area contributed by atoms with Gasteiger partial charge in [0, 0.05) is 6.42 Å². The van der Waals surface area contributed by atoms with Gasteiger partial charge in [0.25, 0.3) is 0 Å². The van der Waals surface area contributed by atoms with Crippen LogP contribution in [-0.4, -0.2) is 12.6 Å². The molecule has 0 spiro atoms. The molecule has 0 unspecified atom stereocenters. The summed E-state index contributed by atoms with van der Waals surface area (Å²) < 4.78 is 0. The predicted molar refractivity (Wildman–Crippen MR) is 34.7 cm³/mol. The number of piperidine rings is 1. The first-order valence-corrected chi connectivity index (χ1v) is 3.62. The van der Waals surface area contributed by atoms with Crippen LogP contribution in [0.5, 0.6) is 0 Å². The monoisotopic (exact) mass is 114 g/mol. The lowest BCUT2D eigenvalue weighted by Crippen LogP contribution is -2.91. The highest BCUT2D eigenvalue weighted by atomic mass is 14.9. The molecule has 48 valence electrons. The van der Waals surface area contributed by atoms with Crippen LogP contribution >= 0.6 is 0 Å². The average molecular weight is 114 g/mol. The number of hydrogen-bond donors (Lipinski definition) is 1. The van der Waals surface area contributed by atoms with E-state index in [1.165, 1.54) is 19.4 Å². The molecule has 0 saturated carbocycles. The van der Waals surface area contributed by atoms with Crippen LogP contribution in [0.15, 0.2) is 0 Å². The van der Waals surface area contributed by atoms with Crippen molar-refractivity contribution >= 4 is 0 Å². The Kier molecular flexibility index (Phi) is 1.90. The van der Waals surface area contributed by atoms with E-state index in [1.54, 1.807) is 0 Å². The van der Waals surface area contributed by atoms with Gasteiger partial charge in [0.2, 0.25) is 0 Å². The van der Waals surface area contributed by atoms with Gasteiger partial charge in [0.1, 0.15) is 0 Å². The smallest absolute Gasteiger partial charge is 0.0833 e. The second-order valence-electron chi connectivity index (χ2n) is 3.13. The minimum atomic E-state index is 0.888. The van der Waals surface area contributed by atoms with E-state index in [2.05, 4.69) is 19.2 Å². The van der Waals surface area contributed by atoms with Gasteiger partial charge in [0.15, 0.2) is 0 Å². The normalized spacial score (nSPS) is 39.8. The summed E-state index contributed by atoms with van der Waals surface area (Å²) in [5.41, 5.74) is 0. The third-order valence-corrected chi connectivity index (χ3v) is 2.00. The Morgan fingerprint density at radius 2 is 2.12 bits per heavy atom. The summed E-state index contributed by atoms with van der Waals surface area (Å²) in [6, 6.07) is 0.888. The molecule has 8 heavy (non-hydrogen) atoms. The third kappa shape index (κ3) is 1.48. The van der Waals surface area contributed by atoms with Crippen molar-refractivity contribution in [2.45, 2.75) is 32.7 Å². The largest absolute Gasteiger partial charge is 0.344 e. The van der Waals surface area contributed by atoms with Crippen molar-refractivity contribution in [3.05, 3.63) is 0 Å². The second-order valence-corrected chi connectivity index (χ2v) is 3.13. The molecule has 0 aromatic rings. The Balaban J connectivity index is 2.23. The molecule has 1 heterocycles. The van der Waals surface area contributed by atoms with E-state index in [-0.39, 0.29) is 0 Å². The van der Waals surface area contributed by atoms with Gasteiger partial charge in [-0.25, -0.2) is 0 Å². The molecule has 0 aromatic carbocycles. The molecule has 1 aliphatic heterocycles. The van der Waals surface area contributed by atoms with E-state index in [0.29, 0.717) is 0 Å². The molecule has 1 heteroatoms. The van der Waals surface area contributed by atoms with Crippen molar-refractivity contribution in [2.24, 2.45) is 5.92 Å². The quantitative estimate of drug-likeness (QED) is 0.468. The fraction of sp³-hybridized carbons (Fsp3) is 1.00. The lowest BCUT2D eigenvalue weighted by atomic mass is 9.96. The summed E-state index contributed by atoms with van der Waals surface area (Å²) in [7, 11) is 0. The van der Waals surface area contributed by atoms with Gasteiger partial charge in [-0.2, -0.15) is 0 Å². The van der Waals surface area contributed by atoms with E-state index in [1.807, 2.05) is 0 Å². The van der Waals surface area contributed by atoms with Crippen molar-refractivity contribution < 1.29 is 5.32 Å². The highest BCUT2D eigenvalue weighted by Gasteiger charge is 2.16. The second kappa shape index (κ2) is 2.49. The summed E-state index contributed by atoms with van der Waals surface area (Å²) in [6.07, 6.45) is 2.84. The summed E-state index contributed by atoms with van der Waals surface area (Å²) in [6.45, 7) is 6.02. The minimum absolute atomic E-state index is 0.888. The van der Waals surface area contributed by atoms with E-state index in [0.717, 1.165) is 12.0 Å². The molecule has 2 N–H and O–H groups in total. The molecule has 1 rings (SSSR count). The fourth-order valence-electron chi connectivity index (χ4n) is 1.51. The van der Waals surface area contributed by atoms with Gasteiger partial charge in [-0.1, -0.05) is 6.92 Å². The van der Waals surface area contributed by atoms with Gasteiger partial charge in [-0.15, -0.1) is 0 Å². The molecule has 1 nitrogen and oxygen atoms in total. The first-order valence-electron chi connectivity index (χ1n) is 3.62. The molecule has 2 atom stereocenters. The maximum atomic E-state index is 2.44. The fourth-order valence-corrected chi connectivity index (χ4v) is 1.51. The Morgan fingerprint density at radius 1 is 1.38 bits per heavy atom. The first-order chi connectivity index (χ1) is 3.79. The summed E-state index contributed by atoms with van der Waals surface area (Å²) >= 11 is 0. The van der Waals surface area contributed by atoms with Crippen molar-refractivity contribution in [1.29, 1.82) is 0 Å². The van der Waals surface area contributed by atoms with E-state index in [9.17, 15) is 0 Å². The van der Waals surface area contributed by atoms with Crippen molar-refractivity contribution in [3.8, 4) is 0 Å². The Hall–Kier alpha value is -0.0400. The maximum Gasteiger partial charge on any atom is 0.0833 e. The molecule has 1 fully saturated rings. The van der Waals surface area contributed by atoms with Crippen LogP contribution in [-0.2, 0) is 0 Å². The van der Waals surface area contributed by atoms with Crippen LogP contribution in [0.4, 0.5) is 0 Å². The van der Waals surface area contributed by atoms with E-state index < -0.39 is 0 Å². The first kappa shape index (κ1) is 6.09. The molecule has 1 saturated heterocycles. The number of quaternary nitrogens is 1. The van der Waals surface area contributed by atoms with E-state index >= 15 is 0 Å². The molecule has 1 aliphatic rings. The average Bonchev–Trinajstić information content (AvgIpc) is 1.64. The standard InChI is InChI=1S/C7H15N/c1-6-3-4-8-7(2)5-6/h6-8H,3-5H2,1-2H3/p+1/t6-,7+/m0/s1.